The molecule has 2 aromatic carbocycles. The van der Waals surface area contributed by atoms with Crippen LogP contribution in [0.3, 0.4) is 0 Å². The van der Waals surface area contributed by atoms with E-state index >= 15 is 0 Å². The smallest absolute Gasteiger partial charge is 0.236 e. The summed E-state index contributed by atoms with van der Waals surface area (Å²) < 4.78 is 32.9. The average Bonchev–Trinajstić information content (AvgIpc) is 3.17. The molecule has 0 amide bonds. The van der Waals surface area contributed by atoms with E-state index in [2.05, 4.69) is 14.9 Å². The highest BCUT2D eigenvalue weighted by molar-refractivity contribution is 7.92. The first-order chi connectivity index (χ1) is 14.6. The first-order valence-corrected chi connectivity index (χ1v) is 11.2. The molecule has 4 aromatic rings. The minimum absolute atomic E-state index is 0.382. The van der Waals surface area contributed by atoms with Crippen molar-refractivity contribution in [2.24, 2.45) is 0 Å². The number of para-hydroxylation sites is 1. The van der Waals surface area contributed by atoms with E-state index in [0.717, 1.165) is 22.0 Å². The Balaban J connectivity index is 1.35. The number of hydrogen-bond acceptors (Lipinski definition) is 6. The molecule has 30 heavy (non-hydrogen) atoms. The fraction of sp³-hybridized carbons (Fsp3) is 0.182. The van der Waals surface area contributed by atoms with Gasteiger partial charge in [0.1, 0.15) is 17.4 Å². The number of rotatable bonds is 4. The highest BCUT2D eigenvalue weighted by Crippen LogP contribution is 2.32. The minimum Gasteiger partial charge on any atom is -0.450 e. The number of nitrogens with zero attached hydrogens (tertiary/aromatic N) is 4. The Morgan fingerprint density at radius 1 is 0.900 bits per heavy atom. The van der Waals surface area contributed by atoms with Gasteiger partial charge >= 0.3 is 0 Å². The van der Waals surface area contributed by atoms with Gasteiger partial charge in [-0.2, -0.15) is 4.31 Å². The lowest BCUT2D eigenvalue weighted by Gasteiger charge is -2.33. The van der Waals surface area contributed by atoms with Crippen molar-refractivity contribution in [3.8, 4) is 0 Å². The maximum atomic E-state index is 12.7. The van der Waals surface area contributed by atoms with Crippen molar-refractivity contribution >= 4 is 44.0 Å². The van der Waals surface area contributed by atoms with Crippen LogP contribution in [0, 0.1) is 0 Å². The Labute approximate surface area is 174 Å². The predicted octanol–water partition coefficient (Wildman–Crippen LogP) is 3.50. The highest BCUT2D eigenvalue weighted by atomic mass is 32.2. The van der Waals surface area contributed by atoms with Gasteiger partial charge in [-0.15, -0.1) is 0 Å². The second kappa shape index (κ2) is 7.55. The first-order valence-electron chi connectivity index (χ1n) is 9.72. The molecule has 0 unspecified atom stereocenters. The van der Waals surface area contributed by atoms with Crippen molar-refractivity contribution in [3.05, 3.63) is 71.9 Å². The van der Waals surface area contributed by atoms with Crippen molar-refractivity contribution in [2.75, 3.05) is 31.1 Å². The number of piperazine rings is 1. The normalized spacial score (nSPS) is 16.1. The molecule has 0 aliphatic carbocycles. The summed E-state index contributed by atoms with van der Waals surface area (Å²) in [5.41, 5.74) is 3.03. The van der Waals surface area contributed by atoms with E-state index in [1.165, 1.54) is 16.0 Å². The molecule has 0 radical (unpaired) electrons. The number of aromatic nitrogens is 2. The third-order valence-electron chi connectivity index (χ3n) is 5.27. The predicted molar refractivity (Wildman–Crippen MR) is 117 cm³/mol. The van der Waals surface area contributed by atoms with Gasteiger partial charge in [-0.3, -0.25) is 0 Å². The summed E-state index contributed by atoms with van der Waals surface area (Å²) in [4.78, 5) is 10.9. The van der Waals surface area contributed by atoms with Gasteiger partial charge in [-0.1, -0.05) is 42.5 Å². The quantitative estimate of drug-likeness (QED) is 0.503. The molecule has 1 aliphatic rings. The van der Waals surface area contributed by atoms with Crippen LogP contribution in [0.2, 0.25) is 0 Å². The van der Waals surface area contributed by atoms with Crippen LogP contribution in [0.4, 0.5) is 5.82 Å². The Morgan fingerprint density at radius 2 is 1.63 bits per heavy atom. The molecule has 1 fully saturated rings. The van der Waals surface area contributed by atoms with E-state index in [1.807, 2.05) is 54.6 Å². The van der Waals surface area contributed by atoms with E-state index in [9.17, 15) is 8.42 Å². The summed E-state index contributed by atoms with van der Waals surface area (Å²) in [6.45, 7) is 1.82. The molecular formula is C22H20N4O3S. The zero-order valence-electron chi connectivity index (χ0n) is 16.2. The van der Waals surface area contributed by atoms with Crippen LogP contribution in [0.25, 0.3) is 28.1 Å². The zero-order chi connectivity index (χ0) is 20.6. The fourth-order valence-corrected chi connectivity index (χ4v) is 4.88. The summed E-state index contributed by atoms with van der Waals surface area (Å²) in [5, 5.41) is 2.23. The molecule has 0 bridgehead atoms. The fourth-order valence-electron chi connectivity index (χ4n) is 3.71. The summed E-state index contributed by atoms with van der Waals surface area (Å²) in [6, 6.07) is 17.2. The standard InChI is InChI=1S/C22H20N4O3S/c27-30(28,15-10-17-6-2-1-3-7-17)26-13-11-25(12-14-26)22-21-20(23-16-24-22)18-8-4-5-9-19(18)29-21/h1-10,15-16H,11-14H2/b15-10+. The Bertz CT molecular complexity index is 1320. The lowest BCUT2D eigenvalue weighted by atomic mass is 10.2. The Morgan fingerprint density at radius 3 is 2.43 bits per heavy atom. The number of furan rings is 1. The molecule has 0 atom stereocenters. The van der Waals surface area contributed by atoms with Crippen LogP contribution in [0.1, 0.15) is 5.56 Å². The number of benzene rings is 2. The van der Waals surface area contributed by atoms with Gasteiger partial charge < -0.3 is 9.32 Å². The molecule has 152 valence electrons. The maximum Gasteiger partial charge on any atom is 0.236 e. The van der Waals surface area contributed by atoms with E-state index in [0.29, 0.717) is 37.6 Å². The van der Waals surface area contributed by atoms with Crippen molar-refractivity contribution in [3.63, 3.8) is 0 Å². The molecule has 8 heteroatoms. The topological polar surface area (TPSA) is 79.5 Å². The monoisotopic (exact) mass is 420 g/mol. The van der Waals surface area contributed by atoms with Gasteiger partial charge in [0.2, 0.25) is 10.0 Å². The van der Waals surface area contributed by atoms with Crippen LogP contribution in [0.5, 0.6) is 0 Å². The molecule has 2 aromatic heterocycles. The second-order valence-corrected chi connectivity index (χ2v) is 8.94. The number of sulfonamides is 1. The van der Waals surface area contributed by atoms with Crippen LogP contribution in [-0.2, 0) is 10.0 Å². The molecule has 0 saturated carbocycles. The van der Waals surface area contributed by atoms with E-state index in [-0.39, 0.29) is 0 Å². The zero-order valence-corrected chi connectivity index (χ0v) is 17.0. The van der Waals surface area contributed by atoms with Crippen molar-refractivity contribution in [1.29, 1.82) is 0 Å². The third kappa shape index (κ3) is 3.44. The summed E-state index contributed by atoms with van der Waals surface area (Å²) in [5.74, 6) is 0.702. The SMILES string of the molecule is O=S(=O)(/C=C/c1ccccc1)N1CCN(c2ncnc3c2oc2ccccc23)CC1. The molecule has 5 rings (SSSR count). The summed E-state index contributed by atoms with van der Waals surface area (Å²) in [6.07, 6.45) is 3.16. The van der Waals surface area contributed by atoms with E-state index in [1.54, 1.807) is 6.08 Å². The maximum absolute atomic E-state index is 12.7. The lowest BCUT2D eigenvalue weighted by molar-refractivity contribution is 0.388. The number of hydrogen-bond donors (Lipinski definition) is 0. The minimum atomic E-state index is -3.48. The third-order valence-corrected chi connectivity index (χ3v) is 6.83. The van der Waals surface area contributed by atoms with Gasteiger partial charge in [0.25, 0.3) is 0 Å². The van der Waals surface area contributed by atoms with Crippen molar-refractivity contribution in [2.45, 2.75) is 0 Å². The summed E-state index contributed by atoms with van der Waals surface area (Å²) in [7, 11) is -3.48. The van der Waals surface area contributed by atoms with Crippen LogP contribution >= 0.6 is 0 Å². The lowest BCUT2D eigenvalue weighted by Crippen LogP contribution is -2.48. The molecule has 0 N–H and O–H groups in total. The van der Waals surface area contributed by atoms with Crippen LogP contribution in [-0.4, -0.2) is 48.9 Å². The van der Waals surface area contributed by atoms with Gasteiger partial charge in [0.15, 0.2) is 11.4 Å². The van der Waals surface area contributed by atoms with E-state index < -0.39 is 10.0 Å². The van der Waals surface area contributed by atoms with Gasteiger partial charge in [-0.05, 0) is 23.8 Å². The first kappa shape index (κ1) is 18.8. The van der Waals surface area contributed by atoms with Gasteiger partial charge in [-0.25, -0.2) is 18.4 Å². The number of fused-ring (bicyclic) bond motifs is 3. The molecule has 0 spiro atoms. The van der Waals surface area contributed by atoms with Crippen LogP contribution < -0.4 is 4.90 Å². The molecule has 7 nitrogen and oxygen atoms in total. The average molecular weight is 420 g/mol. The number of anilines is 1. The molecule has 3 heterocycles. The highest BCUT2D eigenvalue weighted by Gasteiger charge is 2.27. The largest absolute Gasteiger partial charge is 0.450 e. The van der Waals surface area contributed by atoms with Gasteiger partial charge in [0, 0.05) is 37.0 Å². The van der Waals surface area contributed by atoms with Gasteiger partial charge in [0.05, 0.1) is 0 Å². The molecular weight excluding hydrogens is 400 g/mol. The Hall–Kier alpha value is -3.23. The van der Waals surface area contributed by atoms with Crippen molar-refractivity contribution < 1.29 is 12.8 Å². The molecule has 1 aliphatic heterocycles. The van der Waals surface area contributed by atoms with Crippen molar-refractivity contribution in [1.82, 2.24) is 14.3 Å². The summed E-state index contributed by atoms with van der Waals surface area (Å²) >= 11 is 0. The van der Waals surface area contributed by atoms with Crippen LogP contribution in [0.15, 0.2) is 70.7 Å². The Kier molecular flexibility index (Phi) is 4.72. The molecule has 1 saturated heterocycles. The second-order valence-electron chi connectivity index (χ2n) is 7.12. The van der Waals surface area contributed by atoms with E-state index in [4.69, 9.17) is 4.42 Å².